The quantitative estimate of drug-likeness (QED) is 0.931. The molecule has 1 aliphatic carbocycles. The van der Waals surface area contributed by atoms with E-state index in [0.29, 0.717) is 0 Å². The van der Waals surface area contributed by atoms with Crippen molar-refractivity contribution in [3.05, 3.63) is 35.4 Å². The maximum absolute atomic E-state index is 13.6. The van der Waals surface area contributed by atoms with Crippen LogP contribution in [0.3, 0.4) is 0 Å². The minimum Gasteiger partial charge on any atom is -0.381 e. The molecule has 1 aromatic carbocycles. The highest BCUT2D eigenvalue weighted by molar-refractivity contribution is 5.79. The fourth-order valence-electron chi connectivity index (χ4n) is 3.38. The second-order valence-electron chi connectivity index (χ2n) is 6.05. The zero-order valence-corrected chi connectivity index (χ0v) is 11.8. The molecule has 1 aromatic rings. The fourth-order valence-corrected chi connectivity index (χ4v) is 3.38. The van der Waals surface area contributed by atoms with E-state index in [1.54, 1.807) is 0 Å². The lowest BCUT2D eigenvalue weighted by Crippen LogP contribution is -2.57. The van der Waals surface area contributed by atoms with E-state index in [0.717, 1.165) is 45.0 Å². The number of hydrogen-bond acceptors (Lipinski definition) is 2. The van der Waals surface area contributed by atoms with Crippen molar-refractivity contribution in [2.75, 3.05) is 13.2 Å². The average Bonchev–Trinajstić information content (AvgIpc) is 2.47. The molecule has 1 unspecified atom stereocenters. The van der Waals surface area contributed by atoms with E-state index in [1.807, 2.05) is 0 Å². The Morgan fingerprint density at radius 2 is 2.05 bits per heavy atom. The molecule has 1 heterocycles. The average molecular weight is 295 g/mol. The van der Waals surface area contributed by atoms with Gasteiger partial charge in [-0.1, -0.05) is 6.07 Å². The van der Waals surface area contributed by atoms with Gasteiger partial charge in [0.25, 0.3) is 0 Å². The molecule has 21 heavy (non-hydrogen) atoms. The van der Waals surface area contributed by atoms with Crippen LogP contribution in [0.15, 0.2) is 18.2 Å². The molecule has 1 atom stereocenters. The second-order valence-corrected chi connectivity index (χ2v) is 6.05. The molecule has 2 aliphatic rings. The number of benzene rings is 1. The van der Waals surface area contributed by atoms with Crippen molar-refractivity contribution in [3.63, 3.8) is 0 Å². The molecule has 114 valence electrons. The SMILES string of the molecule is O=C(Cc1ccc(F)cc1F)NC1CCC12CCOCC2. The first kappa shape index (κ1) is 14.4. The van der Waals surface area contributed by atoms with E-state index >= 15 is 0 Å². The smallest absolute Gasteiger partial charge is 0.224 e. The summed E-state index contributed by atoms with van der Waals surface area (Å²) in [6.07, 6.45) is 3.99. The van der Waals surface area contributed by atoms with Crippen molar-refractivity contribution in [2.24, 2.45) is 5.41 Å². The van der Waals surface area contributed by atoms with E-state index in [2.05, 4.69) is 5.32 Å². The van der Waals surface area contributed by atoms with Gasteiger partial charge in [0.2, 0.25) is 5.91 Å². The van der Waals surface area contributed by atoms with E-state index in [-0.39, 0.29) is 29.3 Å². The summed E-state index contributed by atoms with van der Waals surface area (Å²) in [5, 5.41) is 3.01. The molecule has 1 N–H and O–H groups in total. The molecule has 1 spiro atoms. The van der Waals surface area contributed by atoms with Crippen LogP contribution in [-0.2, 0) is 16.0 Å². The first-order valence-corrected chi connectivity index (χ1v) is 7.40. The van der Waals surface area contributed by atoms with Crippen molar-refractivity contribution in [2.45, 2.75) is 38.1 Å². The van der Waals surface area contributed by atoms with Gasteiger partial charge in [-0.3, -0.25) is 4.79 Å². The standard InChI is InChI=1S/C16H19F2NO2/c17-12-2-1-11(13(18)10-12)9-15(20)19-14-3-4-16(14)5-7-21-8-6-16/h1-2,10,14H,3-9H2,(H,19,20). The Morgan fingerprint density at radius 1 is 1.29 bits per heavy atom. The number of nitrogens with one attached hydrogen (secondary N) is 1. The van der Waals surface area contributed by atoms with Gasteiger partial charge in [0.05, 0.1) is 6.42 Å². The summed E-state index contributed by atoms with van der Waals surface area (Å²) in [5.41, 5.74) is 0.407. The Balaban J connectivity index is 1.59. The number of carbonyl (C=O) groups excluding carboxylic acids is 1. The summed E-state index contributed by atoms with van der Waals surface area (Å²) in [6, 6.07) is 3.48. The van der Waals surface area contributed by atoms with Crippen molar-refractivity contribution >= 4 is 5.91 Å². The lowest BCUT2D eigenvalue weighted by atomic mass is 9.60. The molecule has 1 aliphatic heterocycles. The molecule has 0 radical (unpaired) electrons. The topological polar surface area (TPSA) is 38.3 Å². The van der Waals surface area contributed by atoms with Gasteiger partial charge >= 0.3 is 0 Å². The van der Waals surface area contributed by atoms with E-state index in [9.17, 15) is 13.6 Å². The fraction of sp³-hybridized carbons (Fsp3) is 0.562. The number of hydrogen-bond donors (Lipinski definition) is 1. The summed E-state index contributed by atoms with van der Waals surface area (Å²) < 4.78 is 31.8. The number of halogens is 2. The number of ether oxygens (including phenoxy) is 1. The molecule has 1 amide bonds. The summed E-state index contributed by atoms with van der Waals surface area (Å²) in [6.45, 7) is 1.50. The molecular weight excluding hydrogens is 276 g/mol. The summed E-state index contributed by atoms with van der Waals surface area (Å²) >= 11 is 0. The third kappa shape index (κ3) is 2.93. The highest BCUT2D eigenvalue weighted by Gasteiger charge is 2.47. The molecule has 1 saturated carbocycles. The van der Waals surface area contributed by atoms with Gasteiger partial charge in [-0.15, -0.1) is 0 Å². The third-order valence-electron chi connectivity index (χ3n) is 4.86. The van der Waals surface area contributed by atoms with Gasteiger partial charge in [-0.05, 0) is 42.7 Å². The van der Waals surface area contributed by atoms with E-state index < -0.39 is 11.6 Å². The van der Waals surface area contributed by atoms with Gasteiger partial charge < -0.3 is 10.1 Å². The Morgan fingerprint density at radius 3 is 2.67 bits per heavy atom. The Hall–Kier alpha value is -1.49. The van der Waals surface area contributed by atoms with Gasteiger partial charge in [0.15, 0.2) is 0 Å². The molecule has 3 nitrogen and oxygen atoms in total. The van der Waals surface area contributed by atoms with Gasteiger partial charge in [0.1, 0.15) is 11.6 Å². The number of rotatable bonds is 3. The van der Waals surface area contributed by atoms with Crippen LogP contribution in [0, 0.1) is 17.0 Å². The largest absolute Gasteiger partial charge is 0.381 e. The highest BCUT2D eigenvalue weighted by atomic mass is 19.1. The first-order valence-electron chi connectivity index (χ1n) is 7.40. The number of carbonyl (C=O) groups is 1. The van der Waals surface area contributed by atoms with Crippen molar-refractivity contribution in [1.82, 2.24) is 5.32 Å². The summed E-state index contributed by atoms with van der Waals surface area (Å²) in [7, 11) is 0. The van der Waals surface area contributed by atoms with Crippen LogP contribution in [0.25, 0.3) is 0 Å². The number of amides is 1. The second kappa shape index (κ2) is 5.72. The van der Waals surface area contributed by atoms with Crippen LogP contribution in [-0.4, -0.2) is 25.2 Å². The highest BCUT2D eigenvalue weighted by Crippen LogP contribution is 2.48. The maximum Gasteiger partial charge on any atom is 0.224 e. The van der Waals surface area contributed by atoms with Crippen LogP contribution in [0.5, 0.6) is 0 Å². The van der Waals surface area contributed by atoms with Crippen molar-refractivity contribution < 1.29 is 18.3 Å². The first-order chi connectivity index (χ1) is 10.1. The van der Waals surface area contributed by atoms with Crippen LogP contribution in [0.1, 0.15) is 31.2 Å². The van der Waals surface area contributed by atoms with E-state index in [1.165, 1.54) is 12.1 Å². The van der Waals surface area contributed by atoms with Crippen molar-refractivity contribution in [3.8, 4) is 0 Å². The zero-order valence-electron chi connectivity index (χ0n) is 11.8. The Kier molecular flexibility index (Phi) is 3.93. The zero-order chi connectivity index (χ0) is 14.9. The van der Waals surface area contributed by atoms with E-state index in [4.69, 9.17) is 4.74 Å². The molecule has 5 heteroatoms. The predicted molar refractivity (Wildman–Crippen MR) is 73.7 cm³/mol. The molecule has 1 saturated heterocycles. The molecule has 2 fully saturated rings. The van der Waals surface area contributed by atoms with Crippen molar-refractivity contribution in [1.29, 1.82) is 0 Å². The molecule has 0 aromatic heterocycles. The molecule has 0 bridgehead atoms. The van der Waals surface area contributed by atoms with Gasteiger partial charge in [0, 0.05) is 25.3 Å². The third-order valence-corrected chi connectivity index (χ3v) is 4.86. The molecular formula is C16H19F2NO2. The van der Waals surface area contributed by atoms with Crippen LogP contribution < -0.4 is 5.32 Å². The molecule has 3 rings (SSSR count). The maximum atomic E-state index is 13.6. The lowest BCUT2D eigenvalue weighted by Gasteiger charge is -2.52. The lowest BCUT2D eigenvalue weighted by molar-refractivity contribution is -0.126. The predicted octanol–water partition coefficient (Wildman–Crippen LogP) is 2.58. The summed E-state index contributed by atoms with van der Waals surface area (Å²) in [5.74, 6) is -1.49. The van der Waals surface area contributed by atoms with Gasteiger partial charge in [-0.25, -0.2) is 8.78 Å². The minimum atomic E-state index is -0.667. The summed E-state index contributed by atoms with van der Waals surface area (Å²) in [4.78, 5) is 12.1. The van der Waals surface area contributed by atoms with Crippen LogP contribution in [0.4, 0.5) is 8.78 Å². The van der Waals surface area contributed by atoms with Gasteiger partial charge in [-0.2, -0.15) is 0 Å². The Labute approximate surface area is 122 Å². The van der Waals surface area contributed by atoms with Crippen LogP contribution >= 0.6 is 0 Å². The Bertz CT molecular complexity index is 541. The monoisotopic (exact) mass is 295 g/mol. The minimum absolute atomic E-state index is 0.0464. The normalized spacial score (nSPS) is 23.6. The van der Waals surface area contributed by atoms with Crippen LogP contribution in [0.2, 0.25) is 0 Å².